The second-order valence-corrected chi connectivity index (χ2v) is 4.43. The van der Waals surface area contributed by atoms with Crippen molar-refractivity contribution in [3.8, 4) is 0 Å². The molecule has 12 heavy (non-hydrogen) atoms. The van der Waals surface area contributed by atoms with Gasteiger partial charge in [-0.15, -0.1) is 11.3 Å². The Hall–Kier alpha value is -0.380. The number of halogens is 1. The molecular formula is C9H8BrNS. The van der Waals surface area contributed by atoms with E-state index in [0.29, 0.717) is 6.54 Å². The Morgan fingerprint density at radius 3 is 3.00 bits per heavy atom. The second kappa shape index (κ2) is 3.17. The van der Waals surface area contributed by atoms with Gasteiger partial charge >= 0.3 is 0 Å². The van der Waals surface area contributed by atoms with E-state index in [2.05, 4.69) is 33.4 Å². The third kappa shape index (κ3) is 1.28. The van der Waals surface area contributed by atoms with Crippen molar-refractivity contribution in [1.82, 2.24) is 0 Å². The summed E-state index contributed by atoms with van der Waals surface area (Å²) in [6.07, 6.45) is 0. The summed E-state index contributed by atoms with van der Waals surface area (Å²) in [5.41, 5.74) is 6.83. The Morgan fingerprint density at radius 1 is 1.42 bits per heavy atom. The van der Waals surface area contributed by atoms with Crippen molar-refractivity contribution in [1.29, 1.82) is 0 Å². The van der Waals surface area contributed by atoms with Crippen LogP contribution in [0.2, 0.25) is 0 Å². The standard InChI is InChI=1S/C9H8BrNS/c10-7-1-2-8-6(4-11)5-12-9(8)3-7/h1-3,5H,4,11H2. The SMILES string of the molecule is NCc1csc2cc(Br)ccc12. The van der Waals surface area contributed by atoms with Gasteiger partial charge in [-0.2, -0.15) is 0 Å². The molecule has 2 N–H and O–H groups in total. The predicted molar refractivity (Wildman–Crippen MR) is 57.4 cm³/mol. The zero-order valence-electron chi connectivity index (χ0n) is 6.38. The van der Waals surface area contributed by atoms with Gasteiger partial charge in [0.25, 0.3) is 0 Å². The Balaban J connectivity index is 2.73. The van der Waals surface area contributed by atoms with Crippen LogP contribution in [0.25, 0.3) is 10.1 Å². The van der Waals surface area contributed by atoms with E-state index < -0.39 is 0 Å². The minimum Gasteiger partial charge on any atom is -0.326 e. The van der Waals surface area contributed by atoms with Gasteiger partial charge in [-0.25, -0.2) is 0 Å². The molecule has 0 bridgehead atoms. The lowest BCUT2D eigenvalue weighted by molar-refractivity contribution is 1.09. The first-order chi connectivity index (χ1) is 5.81. The first-order valence-electron chi connectivity index (χ1n) is 3.67. The normalized spacial score (nSPS) is 10.8. The number of hydrogen-bond donors (Lipinski definition) is 1. The predicted octanol–water partition coefficient (Wildman–Crippen LogP) is 3.12. The topological polar surface area (TPSA) is 26.0 Å². The fraction of sp³-hybridized carbons (Fsp3) is 0.111. The molecule has 0 saturated carbocycles. The van der Waals surface area contributed by atoms with Gasteiger partial charge in [0.15, 0.2) is 0 Å². The molecule has 0 saturated heterocycles. The van der Waals surface area contributed by atoms with Crippen molar-refractivity contribution in [2.24, 2.45) is 5.73 Å². The van der Waals surface area contributed by atoms with Crippen molar-refractivity contribution in [3.63, 3.8) is 0 Å². The highest BCUT2D eigenvalue weighted by Gasteiger charge is 2.01. The van der Waals surface area contributed by atoms with Crippen LogP contribution in [0, 0.1) is 0 Å². The van der Waals surface area contributed by atoms with E-state index in [1.165, 1.54) is 15.6 Å². The summed E-state index contributed by atoms with van der Waals surface area (Å²) in [6, 6.07) is 6.28. The first-order valence-corrected chi connectivity index (χ1v) is 5.34. The van der Waals surface area contributed by atoms with Crippen LogP contribution in [0.15, 0.2) is 28.1 Å². The molecule has 0 atom stereocenters. The molecule has 0 aliphatic rings. The molecule has 1 heterocycles. The molecule has 0 aliphatic carbocycles. The molecule has 1 aromatic heterocycles. The van der Waals surface area contributed by atoms with Crippen LogP contribution in [-0.2, 0) is 6.54 Å². The van der Waals surface area contributed by atoms with Crippen molar-refractivity contribution in [2.75, 3.05) is 0 Å². The second-order valence-electron chi connectivity index (χ2n) is 2.61. The van der Waals surface area contributed by atoms with Crippen molar-refractivity contribution in [2.45, 2.75) is 6.54 Å². The maximum absolute atomic E-state index is 5.59. The summed E-state index contributed by atoms with van der Waals surface area (Å²) in [5, 5.41) is 3.41. The number of rotatable bonds is 1. The molecule has 0 unspecified atom stereocenters. The number of fused-ring (bicyclic) bond motifs is 1. The van der Waals surface area contributed by atoms with Crippen molar-refractivity contribution < 1.29 is 0 Å². The number of hydrogen-bond acceptors (Lipinski definition) is 2. The van der Waals surface area contributed by atoms with Crippen LogP contribution in [0.3, 0.4) is 0 Å². The van der Waals surface area contributed by atoms with E-state index in [9.17, 15) is 0 Å². The maximum Gasteiger partial charge on any atom is 0.0357 e. The molecule has 0 amide bonds. The molecule has 0 spiro atoms. The summed E-state index contributed by atoms with van der Waals surface area (Å²) in [6.45, 7) is 0.627. The van der Waals surface area contributed by atoms with Gasteiger partial charge < -0.3 is 5.73 Å². The van der Waals surface area contributed by atoms with Gasteiger partial charge in [0, 0.05) is 15.7 Å². The van der Waals surface area contributed by atoms with Crippen LogP contribution in [0.4, 0.5) is 0 Å². The van der Waals surface area contributed by atoms with Crippen molar-refractivity contribution >= 4 is 37.4 Å². The highest BCUT2D eigenvalue weighted by molar-refractivity contribution is 9.10. The van der Waals surface area contributed by atoms with Gasteiger partial charge in [0.1, 0.15) is 0 Å². The molecular weight excluding hydrogens is 234 g/mol. The Labute approximate surface area is 83.3 Å². The molecule has 1 aromatic carbocycles. The highest BCUT2D eigenvalue weighted by atomic mass is 79.9. The summed E-state index contributed by atoms with van der Waals surface area (Å²) >= 11 is 5.18. The number of benzene rings is 1. The maximum atomic E-state index is 5.59. The fourth-order valence-corrected chi connectivity index (χ4v) is 2.74. The fourth-order valence-electron chi connectivity index (χ4n) is 1.22. The third-order valence-corrected chi connectivity index (χ3v) is 3.32. The smallest absolute Gasteiger partial charge is 0.0357 e. The molecule has 2 aromatic rings. The monoisotopic (exact) mass is 241 g/mol. The van der Waals surface area contributed by atoms with Gasteiger partial charge in [-0.3, -0.25) is 0 Å². The van der Waals surface area contributed by atoms with Crippen LogP contribution < -0.4 is 5.73 Å². The molecule has 3 heteroatoms. The summed E-state index contributed by atoms with van der Waals surface area (Å²) < 4.78 is 2.42. The van der Waals surface area contributed by atoms with E-state index in [-0.39, 0.29) is 0 Å². The van der Waals surface area contributed by atoms with E-state index >= 15 is 0 Å². The summed E-state index contributed by atoms with van der Waals surface area (Å²) in [4.78, 5) is 0. The first kappa shape index (κ1) is 8.23. The lowest BCUT2D eigenvalue weighted by Crippen LogP contribution is -1.93. The molecule has 0 radical (unpaired) electrons. The van der Waals surface area contributed by atoms with Crippen LogP contribution in [0.1, 0.15) is 5.56 Å². The highest BCUT2D eigenvalue weighted by Crippen LogP contribution is 2.28. The summed E-state index contributed by atoms with van der Waals surface area (Å²) in [5.74, 6) is 0. The van der Waals surface area contributed by atoms with Gasteiger partial charge in [0.2, 0.25) is 0 Å². The van der Waals surface area contributed by atoms with Gasteiger partial charge in [0.05, 0.1) is 0 Å². The average molecular weight is 242 g/mol. The molecule has 62 valence electrons. The molecule has 2 rings (SSSR count). The number of nitrogens with two attached hydrogens (primary N) is 1. The lowest BCUT2D eigenvalue weighted by Gasteiger charge is -1.93. The Kier molecular flexibility index (Phi) is 2.17. The molecule has 0 fully saturated rings. The van der Waals surface area contributed by atoms with Crippen LogP contribution >= 0.6 is 27.3 Å². The van der Waals surface area contributed by atoms with Gasteiger partial charge in [-0.05, 0) is 28.5 Å². The minimum absolute atomic E-state index is 0.627. The summed E-state index contributed by atoms with van der Waals surface area (Å²) in [7, 11) is 0. The molecule has 0 aliphatic heterocycles. The zero-order chi connectivity index (χ0) is 8.55. The molecule has 1 nitrogen and oxygen atoms in total. The lowest BCUT2D eigenvalue weighted by atomic mass is 10.2. The van der Waals surface area contributed by atoms with Crippen LogP contribution in [0.5, 0.6) is 0 Å². The average Bonchev–Trinajstić information content (AvgIpc) is 2.46. The van der Waals surface area contributed by atoms with Crippen molar-refractivity contribution in [3.05, 3.63) is 33.6 Å². The number of thiophene rings is 1. The Bertz CT molecular complexity index is 408. The van der Waals surface area contributed by atoms with E-state index in [0.717, 1.165) is 4.47 Å². The van der Waals surface area contributed by atoms with Gasteiger partial charge in [-0.1, -0.05) is 22.0 Å². The minimum atomic E-state index is 0.627. The van der Waals surface area contributed by atoms with E-state index in [1.807, 2.05) is 6.07 Å². The largest absolute Gasteiger partial charge is 0.326 e. The third-order valence-electron chi connectivity index (χ3n) is 1.84. The van der Waals surface area contributed by atoms with E-state index in [1.54, 1.807) is 11.3 Å². The zero-order valence-corrected chi connectivity index (χ0v) is 8.78. The van der Waals surface area contributed by atoms with Crippen LogP contribution in [-0.4, -0.2) is 0 Å². The van der Waals surface area contributed by atoms with E-state index in [4.69, 9.17) is 5.73 Å². The quantitative estimate of drug-likeness (QED) is 0.816. The Morgan fingerprint density at radius 2 is 2.25 bits per heavy atom.